The summed E-state index contributed by atoms with van der Waals surface area (Å²) in [5.74, 6) is 0.693. The number of hydrogen-bond acceptors (Lipinski definition) is 5. The van der Waals surface area contributed by atoms with Crippen molar-refractivity contribution in [2.24, 2.45) is 0 Å². The summed E-state index contributed by atoms with van der Waals surface area (Å²) in [7, 11) is 0. The fraction of sp³-hybridized carbons (Fsp3) is 0.450. The Bertz CT molecular complexity index is 743. The van der Waals surface area contributed by atoms with Gasteiger partial charge in [-0.15, -0.1) is 0 Å². The zero-order valence-corrected chi connectivity index (χ0v) is 15.5. The highest BCUT2D eigenvalue weighted by Crippen LogP contribution is 2.21. The Morgan fingerprint density at radius 1 is 1.27 bits per heavy atom. The van der Waals surface area contributed by atoms with Gasteiger partial charge in [-0.05, 0) is 44.9 Å². The average molecular weight is 355 g/mol. The maximum absolute atomic E-state index is 12.5. The van der Waals surface area contributed by atoms with Crippen LogP contribution in [0.5, 0.6) is 0 Å². The van der Waals surface area contributed by atoms with Gasteiger partial charge in [0, 0.05) is 24.5 Å². The van der Waals surface area contributed by atoms with E-state index in [2.05, 4.69) is 16.0 Å². The zero-order chi connectivity index (χ0) is 18.6. The van der Waals surface area contributed by atoms with Gasteiger partial charge in [0.25, 0.3) is 0 Å². The minimum atomic E-state index is -0.509. The standard InChI is InChI=1S/C20H25N3O3/c1-20(2,3)26-19(24)23-10-11-25-14-17(23)13-15-6-4-7-16(12-15)18-21-8-5-9-22-18/h4-9,12,17H,10-11,13-14H2,1-3H3/t17-/m1/s1. The zero-order valence-electron chi connectivity index (χ0n) is 15.5. The minimum Gasteiger partial charge on any atom is -0.444 e. The summed E-state index contributed by atoms with van der Waals surface area (Å²) in [6, 6.07) is 9.84. The predicted molar refractivity (Wildman–Crippen MR) is 98.7 cm³/mol. The van der Waals surface area contributed by atoms with Crippen molar-refractivity contribution in [3.05, 3.63) is 48.3 Å². The maximum Gasteiger partial charge on any atom is 0.410 e. The van der Waals surface area contributed by atoms with E-state index in [0.717, 1.165) is 11.1 Å². The average Bonchev–Trinajstić information content (AvgIpc) is 2.62. The SMILES string of the molecule is CC(C)(C)OC(=O)N1CCOC[C@H]1Cc1cccc(-c2ncccn2)c1. The molecule has 1 atom stereocenters. The van der Waals surface area contributed by atoms with Crippen molar-refractivity contribution in [3.63, 3.8) is 0 Å². The van der Waals surface area contributed by atoms with Crippen LogP contribution in [-0.4, -0.2) is 52.4 Å². The maximum atomic E-state index is 12.5. The number of benzene rings is 1. The second-order valence-corrected chi connectivity index (χ2v) is 7.38. The Morgan fingerprint density at radius 2 is 2.04 bits per heavy atom. The van der Waals surface area contributed by atoms with Gasteiger partial charge in [-0.2, -0.15) is 0 Å². The van der Waals surface area contributed by atoms with E-state index in [4.69, 9.17) is 9.47 Å². The van der Waals surface area contributed by atoms with E-state index >= 15 is 0 Å². The van der Waals surface area contributed by atoms with Crippen molar-refractivity contribution in [1.82, 2.24) is 14.9 Å². The lowest BCUT2D eigenvalue weighted by Gasteiger charge is -2.36. The fourth-order valence-corrected chi connectivity index (χ4v) is 2.94. The fourth-order valence-electron chi connectivity index (χ4n) is 2.94. The molecule has 138 valence electrons. The minimum absolute atomic E-state index is 0.0504. The Hall–Kier alpha value is -2.47. The summed E-state index contributed by atoms with van der Waals surface area (Å²) in [6.07, 6.45) is 3.87. The molecule has 6 nitrogen and oxygen atoms in total. The molecular weight excluding hydrogens is 330 g/mol. The summed E-state index contributed by atoms with van der Waals surface area (Å²) in [6.45, 7) is 7.22. The normalized spacial score (nSPS) is 17.8. The van der Waals surface area contributed by atoms with Crippen LogP contribution in [0.25, 0.3) is 11.4 Å². The smallest absolute Gasteiger partial charge is 0.410 e. The lowest BCUT2D eigenvalue weighted by atomic mass is 10.0. The first kappa shape index (κ1) is 18.3. The van der Waals surface area contributed by atoms with Crippen molar-refractivity contribution in [3.8, 4) is 11.4 Å². The summed E-state index contributed by atoms with van der Waals surface area (Å²) >= 11 is 0. The number of morpholine rings is 1. The lowest BCUT2D eigenvalue weighted by Crippen LogP contribution is -2.51. The molecule has 1 fully saturated rings. The third-order valence-electron chi connectivity index (χ3n) is 4.08. The first-order valence-electron chi connectivity index (χ1n) is 8.86. The van der Waals surface area contributed by atoms with Gasteiger partial charge >= 0.3 is 6.09 Å². The molecule has 3 rings (SSSR count). The number of hydrogen-bond donors (Lipinski definition) is 0. The molecule has 2 heterocycles. The molecule has 0 radical (unpaired) electrons. The van der Waals surface area contributed by atoms with E-state index in [1.165, 1.54) is 0 Å². The van der Waals surface area contributed by atoms with Crippen LogP contribution in [0.15, 0.2) is 42.7 Å². The Kier molecular flexibility index (Phi) is 5.52. The molecule has 0 aliphatic carbocycles. The second-order valence-electron chi connectivity index (χ2n) is 7.38. The van der Waals surface area contributed by atoms with Crippen LogP contribution in [0.4, 0.5) is 4.79 Å². The van der Waals surface area contributed by atoms with Crippen LogP contribution in [0.3, 0.4) is 0 Å². The molecule has 6 heteroatoms. The third-order valence-corrected chi connectivity index (χ3v) is 4.08. The van der Waals surface area contributed by atoms with Gasteiger partial charge in [-0.25, -0.2) is 14.8 Å². The van der Waals surface area contributed by atoms with Gasteiger partial charge in [-0.1, -0.05) is 18.2 Å². The van der Waals surface area contributed by atoms with Gasteiger partial charge in [-0.3, -0.25) is 0 Å². The molecule has 1 saturated heterocycles. The summed E-state index contributed by atoms with van der Waals surface area (Å²) in [5, 5.41) is 0. The van der Waals surface area contributed by atoms with Gasteiger partial charge in [0.2, 0.25) is 0 Å². The van der Waals surface area contributed by atoms with Crippen LogP contribution in [0, 0.1) is 0 Å². The van der Waals surface area contributed by atoms with Gasteiger partial charge in [0.1, 0.15) is 5.60 Å². The highest BCUT2D eigenvalue weighted by atomic mass is 16.6. The number of nitrogens with zero attached hydrogens (tertiary/aromatic N) is 3. The molecule has 0 bridgehead atoms. The van der Waals surface area contributed by atoms with E-state index in [9.17, 15) is 4.79 Å². The number of aromatic nitrogens is 2. The predicted octanol–water partition coefficient (Wildman–Crippen LogP) is 3.32. The molecular formula is C20H25N3O3. The molecule has 1 amide bonds. The van der Waals surface area contributed by atoms with Crippen LogP contribution >= 0.6 is 0 Å². The number of rotatable bonds is 3. The molecule has 1 aliphatic rings. The largest absolute Gasteiger partial charge is 0.444 e. The van der Waals surface area contributed by atoms with E-state index in [-0.39, 0.29) is 12.1 Å². The number of carbonyl (C=O) groups is 1. The summed E-state index contributed by atoms with van der Waals surface area (Å²) in [5.41, 5.74) is 1.56. The van der Waals surface area contributed by atoms with Crippen LogP contribution in [0.1, 0.15) is 26.3 Å². The molecule has 1 aromatic carbocycles. The van der Waals surface area contributed by atoms with Crippen molar-refractivity contribution in [1.29, 1.82) is 0 Å². The highest BCUT2D eigenvalue weighted by Gasteiger charge is 2.31. The lowest BCUT2D eigenvalue weighted by molar-refractivity contribution is -0.0319. The van der Waals surface area contributed by atoms with E-state index in [1.54, 1.807) is 23.4 Å². The van der Waals surface area contributed by atoms with Gasteiger partial charge in [0.05, 0.1) is 19.3 Å². The molecule has 26 heavy (non-hydrogen) atoms. The van der Waals surface area contributed by atoms with Gasteiger partial charge < -0.3 is 14.4 Å². The van der Waals surface area contributed by atoms with Crippen molar-refractivity contribution in [2.75, 3.05) is 19.8 Å². The molecule has 0 saturated carbocycles. The first-order valence-corrected chi connectivity index (χ1v) is 8.86. The second kappa shape index (κ2) is 7.83. The quantitative estimate of drug-likeness (QED) is 0.845. The molecule has 0 N–H and O–H groups in total. The Labute approximate surface area is 154 Å². The first-order chi connectivity index (χ1) is 12.4. The molecule has 2 aromatic rings. The molecule has 1 aromatic heterocycles. The van der Waals surface area contributed by atoms with Crippen LogP contribution in [0.2, 0.25) is 0 Å². The van der Waals surface area contributed by atoms with Gasteiger partial charge in [0.15, 0.2) is 5.82 Å². The van der Waals surface area contributed by atoms with E-state index in [1.807, 2.05) is 39.0 Å². The van der Waals surface area contributed by atoms with Crippen molar-refractivity contribution < 1.29 is 14.3 Å². The van der Waals surface area contributed by atoms with Crippen LogP contribution < -0.4 is 0 Å². The van der Waals surface area contributed by atoms with Crippen LogP contribution in [-0.2, 0) is 15.9 Å². The number of ether oxygens (including phenoxy) is 2. The third kappa shape index (κ3) is 4.79. The number of amides is 1. The summed E-state index contributed by atoms with van der Waals surface area (Å²) in [4.78, 5) is 22.9. The molecule has 0 unspecified atom stereocenters. The number of carbonyl (C=O) groups excluding carboxylic acids is 1. The van der Waals surface area contributed by atoms with E-state index in [0.29, 0.717) is 32.0 Å². The Morgan fingerprint density at radius 3 is 2.77 bits per heavy atom. The highest BCUT2D eigenvalue weighted by molar-refractivity contribution is 5.68. The summed E-state index contributed by atoms with van der Waals surface area (Å²) < 4.78 is 11.2. The van der Waals surface area contributed by atoms with Crippen molar-refractivity contribution in [2.45, 2.75) is 38.8 Å². The topological polar surface area (TPSA) is 64.5 Å². The monoisotopic (exact) mass is 355 g/mol. The van der Waals surface area contributed by atoms with Crippen molar-refractivity contribution >= 4 is 6.09 Å². The Balaban J connectivity index is 1.75. The molecule has 1 aliphatic heterocycles. The molecule has 0 spiro atoms. The van der Waals surface area contributed by atoms with E-state index < -0.39 is 5.60 Å².